The van der Waals surface area contributed by atoms with Gasteiger partial charge >= 0.3 is 0 Å². The Labute approximate surface area is 91.5 Å². The molecular weight excluding hydrogens is 246 g/mol. The maximum absolute atomic E-state index is 9.78. The minimum absolute atomic E-state index is 0.537. The summed E-state index contributed by atoms with van der Waals surface area (Å²) in [5, 5.41) is 13.5. The van der Waals surface area contributed by atoms with Crippen molar-refractivity contribution < 1.29 is 9.94 Å². The molecule has 3 nitrogen and oxygen atoms in total. The third-order valence-corrected chi connectivity index (χ3v) is 2.35. The van der Waals surface area contributed by atoms with Crippen LogP contribution in [0.4, 0.5) is 0 Å². The third kappa shape index (κ3) is 2.82. The fourth-order valence-corrected chi connectivity index (χ4v) is 1.34. The van der Waals surface area contributed by atoms with Gasteiger partial charge in [0, 0.05) is 4.47 Å². The van der Waals surface area contributed by atoms with Crippen LogP contribution in [0.1, 0.15) is 18.6 Å². The summed E-state index contributed by atoms with van der Waals surface area (Å²) in [5.74, 6) is 0. The minimum Gasteiger partial charge on any atom is -0.399 e. The summed E-state index contributed by atoms with van der Waals surface area (Å²) in [7, 11) is 1.46. The first-order chi connectivity index (χ1) is 6.65. The number of aliphatic hydroxyl groups excluding tert-OH is 1. The van der Waals surface area contributed by atoms with E-state index in [9.17, 15) is 5.11 Å². The summed E-state index contributed by atoms with van der Waals surface area (Å²) < 4.78 is 0.981. The van der Waals surface area contributed by atoms with Gasteiger partial charge in [0.25, 0.3) is 0 Å². The van der Waals surface area contributed by atoms with Gasteiger partial charge in [0.2, 0.25) is 0 Å². The number of hydrogen-bond acceptors (Lipinski definition) is 3. The van der Waals surface area contributed by atoms with Crippen molar-refractivity contribution in [3.63, 3.8) is 0 Å². The highest BCUT2D eigenvalue weighted by molar-refractivity contribution is 9.10. The molecule has 1 atom stereocenters. The van der Waals surface area contributed by atoms with Gasteiger partial charge in [-0.1, -0.05) is 33.2 Å². The topological polar surface area (TPSA) is 41.8 Å². The van der Waals surface area contributed by atoms with Crippen LogP contribution in [0.5, 0.6) is 0 Å². The largest absolute Gasteiger partial charge is 0.399 e. The number of oxime groups is 1. The summed E-state index contributed by atoms with van der Waals surface area (Å²) in [4.78, 5) is 4.59. The summed E-state index contributed by atoms with van der Waals surface area (Å²) in [5.41, 5.74) is 1.33. The van der Waals surface area contributed by atoms with Crippen molar-refractivity contribution >= 4 is 21.6 Å². The van der Waals surface area contributed by atoms with Gasteiger partial charge in [-0.3, -0.25) is 0 Å². The van der Waals surface area contributed by atoms with E-state index in [0.29, 0.717) is 5.71 Å². The Morgan fingerprint density at radius 2 is 2.00 bits per heavy atom. The van der Waals surface area contributed by atoms with Gasteiger partial charge in [0.1, 0.15) is 13.2 Å². The molecule has 0 aliphatic carbocycles. The third-order valence-electron chi connectivity index (χ3n) is 1.82. The number of benzene rings is 1. The number of nitrogens with zero attached hydrogens (tertiary/aromatic N) is 1. The van der Waals surface area contributed by atoms with Crippen molar-refractivity contribution in [1.82, 2.24) is 0 Å². The van der Waals surface area contributed by atoms with Gasteiger partial charge in [-0.25, -0.2) is 0 Å². The highest BCUT2D eigenvalue weighted by Crippen LogP contribution is 2.17. The molecule has 0 amide bonds. The van der Waals surface area contributed by atoms with Crippen molar-refractivity contribution in [3.05, 3.63) is 34.3 Å². The second-order valence-corrected chi connectivity index (χ2v) is 3.79. The highest BCUT2D eigenvalue weighted by atomic mass is 79.9. The lowest BCUT2D eigenvalue weighted by atomic mass is 10.1. The zero-order valence-corrected chi connectivity index (χ0v) is 9.65. The van der Waals surface area contributed by atoms with E-state index in [0.717, 1.165) is 10.0 Å². The molecule has 0 saturated carbocycles. The van der Waals surface area contributed by atoms with Crippen LogP contribution in [-0.2, 0) is 4.84 Å². The quantitative estimate of drug-likeness (QED) is 0.668. The molecule has 1 unspecified atom stereocenters. The van der Waals surface area contributed by atoms with Crippen molar-refractivity contribution in [1.29, 1.82) is 0 Å². The van der Waals surface area contributed by atoms with E-state index in [2.05, 4.69) is 25.9 Å². The van der Waals surface area contributed by atoms with Gasteiger partial charge in [-0.05, 0) is 24.6 Å². The highest BCUT2D eigenvalue weighted by Gasteiger charge is 2.10. The predicted octanol–water partition coefficient (Wildman–Crippen LogP) is 2.50. The smallest absolute Gasteiger partial charge is 0.120 e. The van der Waals surface area contributed by atoms with Crippen LogP contribution in [0.3, 0.4) is 0 Å². The Hall–Kier alpha value is -0.870. The average Bonchev–Trinajstić information content (AvgIpc) is 2.18. The van der Waals surface area contributed by atoms with Gasteiger partial charge in [0.15, 0.2) is 0 Å². The minimum atomic E-state index is -0.706. The summed E-state index contributed by atoms with van der Waals surface area (Å²) in [6.07, 6.45) is -0.706. The fraction of sp³-hybridized carbons (Fsp3) is 0.300. The normalized spacial score (nSPS) is 13.9. The Balaban J connectivity index is 2.84. The maximum Gasteiger partial charge on any atom is 0.120 e. The van der Waals surface area contributed by atoms with E-state index in [1.165, 1.54) is 7.11 Å². The van der Waals surface area contributed by atoms with Crippen molar-refractivity contribution in [3.8, 4) is 0 Å². The molecule has 76 valence electrons. The fourth-order valence-electron chi connectivity index (χ4n) is 1.08. The Morgan fingerprint density at radius 3 is 2.50 bits per heavy atom. The number of halogens is 1. The molecule has 0 spiro atoms. The van der Waals surface area contributed by atoms with Gasteiger partial charge in [-0.2, -0.15) is 0 Å². The van der Waals surface area contributed by atoms with Gasteiger partial charge < -0.3 is 9.94 Å². The summed E-state index contributed by atoms with van der Waals surface area (Å²) in [6, 6.07) is 7.42. The molecule has 1 aromatic carbocycles. The summed E-state index contributed by atoms with van der Waals surface area (Å²) in [6.45, 7) is 1.72. The van der Waals surface area contributed by atoms with Crippen molar-refractivity contribution in [2.45, 2.75) is 13.0 Å². The molecule has 1 rings (SSSR count). The molecule has 1 aromatic rings. The monoisotopic (exact) mass is 257 g/mol. The van der Waals surface area contributed by atoms with Crippen molar-refractivity contribution in [2.24, 2.45) is 5.16 Å². The average molecular weight is 258 g/mol. The molecule has 1 N–H and O–H groups in total. The van der Waals surface area contributed by atoms with E-state index in [-0.39, 0.29) is 0 Å². The second-order valence-electron chi connectivity index (χ2n) is 2.87. The number of hydrogen-bond donors (Lipinski definition) is 1. The van der Waals surface area contributed by atoms with Crippen LogP contribution < -0.4 is 0 Å². The van der Waals surface area contributed by atoms with E-state index < -0.39 is 6.10 Å². The molecule has 0 aromatic heterocycles. The molecule has 0 aliphatic heterocycles. The van der Waals surface area contributed by atoms with Crippen LogP contribution in [0, 0.1) is 0 Å². The van der Waals surface area contributed by atoms with Crippen LogP contribution in [0.25, 0.3) is 0 Å². The Kier molecular flexibility index (Phi) is 4.10. The lowest BCUT2D eigenvalue weighted by Gasteiger charge is -2.09. The van der Waals surface area contributed by atoms with E-state index >= 15 is 0 Å². The molecule has 14 heavy (non-hydrogen) atoms. The molecule has 0 aliphatic rings. The first-order valence-electron chi connectivity index (χ1n) is 4.16. The molecule has 0 saturated heterocycles. The molecule has 0 bridgehead atoms. The zero-order valence-electron chi connectivity index (χ0n) is 8.07. The molecule has 0 heterocycles. The zero-order chi connectivity index (χ0) is 10.6. The SMILES string of the molecule is CO/N=C(/C)C(O)c1ccc(Br)cc1. The number of rotatable bonds is 3. The molecule has 4 heteroatoms. The van der Waals surface area contributed by atoms with E-state index in [1.807, 2.05) is 24.3 Å². The van der Waals surface area contributed by atoms with Crippen LogP contribution in [-0.4, -0.2) is 17.9 Å². The van der Waals surface area contributed by atoms with Crippen molar-refractivity contribution in [2.75, 3.05) is 7.11 Å². The number of aliphatic hydroxyl groups is 1. The van der Waals surface area contributed by atoms with Crippen LogP contribution >= 0.6 is 15.9 Å². The van der Waals surface area contributed by atoms with Gasteiger partial charge in [0.05, 0.1) is 5.71 Å². The first-order valence-corrected chi connectivity index (χ1v) is 4.95. The first kappa shape index (κ1) is 11.2. The van der Waals surface area contributed by atoms with Crippen LogP contribution in [0.2, 0.25) is 0 Å². The predicted molar refractivity (Wildman–Crippen MR) is 59.2 cm³/mol. The lowest BCUT2D eigenvalue weighted by Crippen LogP contribution is -2.08. The van der Waals surface area contributed by atoms with E-state index in [4.69, 9.17) is 0 Å². The molecular formula is C10H12BrNO2. The second kappa shape index (κ2) is 5.12. The molecule has 0 fully saturated rings. The standard InChI is InChI=1S/C10H12BrNO2/c1-7(12-14-2)10(13)8-3-5-9(11)6-4-8/h3-6,10,13H,1-2H3/b12-7-. The maximum atomic E-state index is 9.78. The Morgan fingerprint density at radius 1 is 1.43 bits per heavy atom. The van der Waals surface area contributed by atoms with E-state index in [1.54, 1.807) is 6.92 Å². The lowest BCUT2D eigenvalue weighted by molar-refractivity contribution is 0.195. The molecule has 0 radical (unpaired) electrons. The van der Waals surface area contributed by atoms with Gasteiger partial charge in [-0.15, -0.1) is 0 Å². The summed E-state index contributed by atoms with van der Waals surface area (Å²) >= 11 is 3.33. The van der Waals surface area contributed by atoms with Crippen LogP contribution in [0.15, 0.2) is 33.9 Å². The Bertz CT molecular complexity index is 321.